The van der Waals surface area contributed by atoms with Crippen LogP contribution >= 0.6 is 11.6 Å². The van der Waals surface area contributed by atoms with E-state index in [1.165, 1.54) is 0 Å². The van der Waals surface area contributed by atoms with Crippen LogP contribution in [0.4, 0.5) is 0 Å². The van der Waals surface area contributed by atoms with E-state index in [2.05, 4.69) is 11.9 Å². The summed E-state index contributed by atoms with van der Waals surface area (Å²) in [5.74, 6) is 0.0288. The number of aromatic nitrogens is 1. The number of piperidine rings is 1. The fourth-order valence-electron chi connectivity index (χ4n) is 2.74. The lowest BCUT2D eigenvalue weighted by Crippen LogP contribution is -2.43. The Kier molecular flexibility index (Phi) is 6.00. The van der Waals surface area contributed by atoms with Gasteiger partial charge in [0.1, 0.15) is 5.15 Å². The number of halogens is 1. The molecule has 1 amide bonds. The predicted molar refractivity (Wildman–Crippen MR) is 83.8 cm³/mol. The molecule has 0 N–H and O–H groups in total. The van der Waals surface area contributed by atoms with Crippen LogP contribution in [0.3, 0.4) is 0 Å². The van der Waals surface area contributed by atoms with Crippen molar-refractivity contribution in [1.82, 2.24) is 9.88 Å². The van der Waals surface area contributed by atoms with Crippen LogP contribution in [-0.4, -0.2) is 41.6 Å². The number of amides is 1. The van der Waals surface area contributed by atoms with Crippen LogP contribution in [0.25, 0.3) is 0 Å². The topological polar surface area (TPSA) is 42.4 Å². The van der Waals surface area contributed by atoms with E-state index < -0.39 is 0 Å². The van der Waals surface area contributed by atoms with E-state index >= 15 is 0 Å². The van der Waals surface area contributed by atoms with Crippen molar-refractivity contribution in [3.8, 4) is 0 Å². The van der Waals surface area contributed by atoms with Crippen molar-refractivity contribution in [2.24, 2.45) is 0 Å². The number of carbonyl (C=O) groups is 1. The van der Waals surface area contributed by atoms with Gasteiger partial charge in [-0.05, 0) is 38.3 Å². The van der Waals surface area contributed by atoms with Gasteiger partial charge in [-0.3, -0.25) is 4.79 Å². The summed E-state index contributed by atoms with van der Waals surface area (Å²) in [6.07, 6.45) is 3.98. The van der Waals surface area contributed by atoms with Crippen LogP contribution in [0.1, 0.15) is 49.2 Å². The number of nitrogens with zero attached hydrogens (tertiary/aromatic N) is 2. The molecule has 1 unspecified atom stereocenters. The lowest BCUT2D eigenvalue weighted by Gasteiger charge is -2.32. The molecule has 0 spiro atoms. The zero-order chi connectivity index (χ0) is 15.2. The monoisotopic (exact) mass is 310 g/mol. The number of rotatable bonds is 5. The van der Waals surface area contributed by atoms with Crippen LogP contribution in [-0.2, 0) is 11.2 Å². The molecule has 1 aliphatic heterocycles. The molecule has 2 rings (SSSR count). The molecule has 0 radical (unpaired) electrons. The number of likely N-dealkylation sites (tertiary alicyclic amines) is 1. The Balaban J connectivity index is 2.11. The lowest BCUT2D eigenvalue weighted by atomic mass is 10.1. The number of pyridine rings is 1. The van der Waals surface area contributed by atoms with Crippen molar-refractivity contribution in [3.63, 3.8) is 0 Å². The van der Waals surface area contributed by atoms with Gasteiger partial charge in [-0.25, -0.2) is 4.98 Å². The summed E-state index contributed by atoms with van der Waals surface area (Å²) in [5.41, 5.74) is 1.52. The van der Waals surface area contributed by atoms with Crippen molar-refractivity contribution in [2.75, 3.05) is 19.7 Å². The minimum absolute atomic E-state index is 0.0288. The van der Waals surface area contributed by atoms with Crippen LogP contribution < -0.4 is 0 Å². The van der Waals surface area contributed by atoms with Gasteiger partial charge >= 0.3 is 0 Å². The van der Waals surface area contributed by atoms with Gasteiger partial charge in [0.25, 0.3) is 5.91 Å². The molecule has 21 heavy (non-hydrogen) atoms. The Morgan fingerprint density at radius 1 is 1.48 bits per heavy atom. The van der Waals surface area contributed by atoms with E-state index in [1.807, 2.05) is 17.9 Å². The van der Waals surface area contributed by atoms with Crippen molar-refractivity contribution in [2.45, 2.75) is 45.6 Å². The fraction of sp³-hybridized carbons (Fsp3) is 0.625. The molecule has 1 saturated heterocycles. The van der Waals surface area contributed by atoms with Gasteiger partial charge in [0, 0.05) is 31.0 Å². The summed E-state index contributed by atoms with van der Waals surface area (Å²) < 4.78 is 5.65. The van der Waals surface area contributed by atoms with Crippen LogP contribution in [0.2, 0.25) is 5.15 Å². The van der Waals surface area contributed by atoms with Crippen molar-refractivity contribution < 1.29 is 9.53 Å². The minimum Gasteiger partial charge on any atom is -0.377 e. The normalized spacial score (nSPS) is 18.8. The van der Waals surface area contributed by atoms with Crippen molar-refractivity contribution >= 4 is 17.5 Å². The maximum atomic E-state index is 12.6. The summed E-state index contributed by atoms with van der Waals surface area (Å²) >= 11 is 6.04. The van der Waals surface area contributed by atoms with Crippen LogP contribution in [0.5, 0.6) is 0 Å². The van der Waals surface area contributed by atoms with Gasteiger partial charge in [-0.2, -0.15) is 0 Å². The molecule has 2 heterocycles. The highest BCUT2D eigenvalue weighted by Gasteiger charge is 2.25. The second kappa shape index (κ2) is 7.76. The third kappa shape index (κ3) is 4.42. The SMILES string of the molecule is CCCc1cc(C(=O)N2CCCC(OCC)C2)cc(Cl)n1. The zero-order valence-corrected chi connectivity index (χ0v) is 13.5. The van der Waals surface area contributed by atoms with Gasteiger partial charge in [0.05, 0.1) is 6.10 Å². The molecule has 1 atom stereocenters. The third-order valence-electron chi connectivity index (χ3n) is 3.67. The standard InChI is InChI=1S/C16H23ClN2O2/c1-3-6-13-9-12(10-15(17)18-13)16(20)19-8-5-7-14(11-19)21-4-2/h9-10,14H,3-8,11H2,1-2H3. The molecular formula is C16H23ClN2O2. The Hall–Kier alpha value is -1.13. The van der Waals surface area contributed by atoms with Crippen molar-refractivity contribution in [3.05, 3.63) is 28.5 Å². The quantitative estimate of drug-likeness (QED) is 0.783. The third-order valence-corrected chi connectivity index (χ3v) is 3.86. The first-order chi connectivity index (χ1) is 10.1. The molecule has 4 nitrogen and oxygen atoms in total. The van der Waals surface area contributed by atoms with Gasteiger partial charge in [0.2, 0.25) is 0 Å². The molecule has 0 aliphatic carbocycles. The second-order valence-corrected chi connectivity index (χ2v) is 5.78. The zero-order valence-electron chi connectivity index (χ0n) is 12.8. The van der Waals surface area contributed by atoms with E-state index in [9.17, 15) is 4.79 Å². The van der Waals surface area contributed by atoms with E-state index in [0.717, 1.165) is 37.9 Å². The first kappa shape index (κ1) is 16.2. The van der Waals surface area contributed by atoms with Gasteiger partial charge in [-0.1, -0.05) is 24.9 Å². The van der Waals surface area contributed by atoms with Gasteiger partial charge < -0.3 is 9.64 Å². The van der Waals surface area contributed by atoms with Crippen LogP contribution in [0.15, 0.2) is 12.1 Å². The highest BCUT2D eigenvalue weighted by molar-refractivity contribution is 6.29. The van der Waals surface area contributed by atoms with Gasteiger partial charge in [0.15, 0.2) is 0 Å². The summed E-state index contributed by atoms with van der Waals surface area (Å²) in [4.78, 5) is 18.8. The summed E-state index contributed by atoms with van der Waals surface area (Å²) in [6, 6.07) is 3.52. The van der Waals surface area contributed by atoms with Crippen molar-refractivity contribution in [1.29, 1.82) is 0 Å². The molecule has 1 aromatic rings. The van der Waals surface area contributed by atoms with E-state index in [1.54, 1.807) is 6.07 Å². The maximum absolute atomic E-state index is 12.6. The summed E-state index contributed by atoms with van der Waals surface area (Å²) in [6.45, 7) is 6.21. The Morgan fingerprint density at radius 2 is 2.29 bits per heavy atom. The second-order valence-electron chi connectivity index (χ2n) is 5.39. The fourth-order valence-corrected chi connectivity index (χ4v) is 2.96. The number of ether oxygens (including phenoxy) is 1. The molecule has 0 aromatic carbocycles. The number of carbonyl (C=O) groups excluding carboxylic acids is 1. The molecule has 1 aliphatic rings. The van der Waals surface area contributed by atoms with Gasteiger partial charge in [-0.15, -0.1) is 0 Å². The number of aryl methyl sites for hydroxylation is 1. The number of hydrogen-bond acceptors (Lipinski definition) is 3. The Bertz CT molecular complexity index is 491. The molecule has 116 valence electrons. The predicted octanol–water partition coefficient (Wildman–Crippen LogP) is 3.33. The smallest absolute Gasteiger partial charge is 0.254 e. The molecule has 1 aromatic heterocycles. The van der Waals surface area contributed by atoms with E-state index in [-0.39, 0.29) is 12.0 Å². The van der Waals surface area contributed by atoms with Crippen LogP contribution in [0, 0.1) is 0 Å². The summed E-state index contributed by atoms with van der Waals surface area (Å²) in [7, 11) is 0. The Morgan fingerprint density at radius 3 is 3.00 bits per heavy atom. The molecule has 1 fully saturated rings. The Labute approximate surface area is 131 Å². The lowest BCUT2D eigenvalue weighted by molar-refractivity contribution is 0.00723. The maximum Gasteiger partial charge on any atom is 0.254 e. The average molecular weight is 311 g/mol. The average Bonchev–Trinajstić information content (AvgIpc) is 2.47. The molecule has 5 heteroatoms. The van der Waals surface area contributed by atoms with E-state index in [0.29, 0.717) is 23.9 Å². The van der Waals surface area contributed by atoms with E-state index in [4.69, 9.17) is 16.3 Å². The minimum atomic E-state index is 0.0288. The molecular weight excluding hydrogens is 288 g/mol. The highest BCUT2D eigenvalue weighted by atomic mass is 35.5. The first-order valence-electron chi connectivity index (χ1n) is 7.71. The largest absolute Gasteiger partial charge is 0.377 e. The number of hydrogen-bond donors (Lipinski definition) is 0. The summed E-state index contributed by atoms with van der Waals surface area (Å²) in [5, 5.41) is 0.391. The highest BCUT2D eigenvalue weighted by Crippen LogP contribution is 2.19. The molecule has 0 saturated carbocycles. The molecule has 0 bridgehead atoms. The first-order valence-corrected chi connectivity index (χ1v) is 8.09.